The van der Waals surface area contributed by atoms with Gasteiger partial charge in [0.1, 0.15) is 0 Å². The lowest BCUT2D eigenvalue weighted by atomic mass is 9.86. The molecule has 0 heterocycles. The number of hydrogen-bond donors (Lipinski definition) is 2. The topological polar surface area (TPSA) is 55.1 Å². The van der Waals surface area contributed by atoms with Crippen molar-refractivity contribution in [2.75, 3.05) is 6.54 Å². The van der Waals surface area contributed by atoms with Crippen LogP contribution in [0.5, 0.6) is 0 Å². The van der Waals surface area contributed by atoms with Gasteiger partial charge < -0.3 is 11.1 Å². The second kappa shape index (κ2) is 5.61. The van der Waals surface area contributed by atoms with E-state index in [1.54, 1.807) is 0 Å². The highest BCUT2D eigenvalue weighted by atomic mass is 19.2. The molecule has 1 rings (SSSR count). The van der Waals surface area contributed by atoms with Gasteiger partial charge in [0, 0.05) is 12.6 Å². The quantitative estimate of drug-likeness (QED) is 0.830. The van der Waals surface area contributed by atoms with Crippen molar-refractivity contribution in [2.45, 2.75) is 26.8 Å². The van der Waals surface area contributed by atoms with Gasteiger partial charge in [0.15, 0.2) is 17.5 Å². The zero-order valence-corrected chi connectivity index (χ0v) is 11.1. The lowest BCUT2D eigenvalue weighted by Gasteiger charge is -2.30. The lowest BCUT2D eigenvalue weighted by molar-refractivity contribution is 0.0900. The summed E-state index contributed by atoms with van der Waals surface area (Å²) in [6.07, 6.45) is 0. The van der Waals surface area contributed by atoms with E-state index in [9.17, 15) is 18.0 Å². The van der Waals surface area contributed by atoms with Crippen molar-refractivity contribution < 1.29 is 18.0 Å². The first-order valence-corrected chi connectivity index (χ1v) is 5.83. The summed E-state index contributed by atoms with van der Waals surface area (Å²) < 4.78 is 39.3. The van der Waals surface area contributed by atoms with Crippen LogP contribution in [0, 0.1) is 22.9 Å². The van der Waals surface area contributed by atoms with E-state index in [0.717, 1.165) is 6.07 Å². The predicted octanol–water partition coefficient (Wildman–Crippen LogP) is 2.21. The molecule has 0 aromatic heterocycles. The van der Waals surface area contributed by atoms with Crippen LogP contribution < -0.4 is 11.1 Å². The van der Waals surface area contributed by atoms with Crippen LogP contribution in [-0.2, 0) is 0 Å². The first-order valence-electron chi connectivity index (χ1n) is 5.83. The SMILES string of the molecule is CC(C)(C)C(CN)NC(=O)c1ccc(F)c(F)c1F. The van der Waals surface area contributed by atoms with Crippen molar-refractivity contribution in [3.05, 3.63) is 35.1 Å². The second-order valence-electron chi connectivity index (χ2n) is 5.35. The van der Waals surface area contributed by atoms with Crippen molar-refractivity contribution in [1.29, 1.82) is 0 Å². The van der Waals surface area contributed by atoms with Crippen molar-refractivity contribution in [2.24, 2.45) is 11.1 Å². The van der Waals surface area contributed by atoms with Gasteiger partial charge in [-0.05, 0) is 17.5 Å². The van der Waals surface area contributed by atoms with Gasteiger partial charge in [-0.2, -0.15) is 0 Å². The van der Waals surface area contributed by atoms with Crippen molar-refractivity contribution in [1.82, 2.24) is 5.32 Å². The summed E-state index contributed by atoms with van der Waals surface area (Å²) in [4.78, 5) is 11.8. The average Bonchev–Trinajstić information content (AvgIpc) is 2.31. The highest BCUT2D eigenvalue weighted by molar-refractivity contribution is 5.94. The van der Waals surface area contributed by atoms with Gasteiger partial charge in [0.2, 0.25) is 0 Å². The number of hydrogen-bond acceptors (Lipinski definition) is 2. The number of rotatable bonds is 3. The summed E-state index contributed by atoms with van der Waals surface area (Å²) in [7, 11) is 0. The maximum Gasteiger partial charge on any atom is 0.254 e. The summed E-state index contributed by atoms with van der Waals surface area (Å²) in [5, 5.41) is 2.52. The molecule has 6 heteroatoms. The fraction of sp³-hybridized carbons (Fsp3) is 0.462. The molecule has 106 valence electrons. The van der Waals surface area contributed by atoms with E-state index in [2.05, 4.69) is 5.32 Å². The molecule has 3 nitrogen and oxygen atoms in total. The Morgan fingerprint density at radius 1 is 1.26 bits per heavy atom. The number of nitrogens with one attached hydrogen (secondary N) is 1. The molecule has 1 aromatic carbocycles. The predicted molar refractivity (Wildman–Crippen MR) is 66.1 cm³/mol. The van der Waals surface area contributed by atoms with Gasteiger partial charge in [-0.3, -0.25) is 4.79 Å². The van der Waals surface area contributed by atoms with E-state index in [-0.39, 0.29) is 12.0 Å². The molecule has 0 saturated carbocycles. The van der Waals surface area contributed by atoms with Crippen molar-refractivity contribution in [3.63, 3.8) is 0 Å². The third kappa shape index (κ3) is 3.47. The molecule has 0 aliphatic heterocycles. The number of carbonyl (C=O) groups excluding carboxylic acids is 1. The Bertz CT molecular complexity index is 484. The summed E-state index contributed by atoms with van der Waals surface area (Å²) in [5.74, 6) is -5.31. The van der Waals surface area contributed by atoms with Crippen LogP contribution in [0.2, 0.25) is 0 Å². The van der Waals surface area contributed by atoms with Gasteiger partial charge in [-0.15, -0.1) is 0 Å². The summed E-state index contributed by atoms with van der Waals surface area (Å²) in [5.41, 5.74) is 4.66. The molecular weight excluding hydrogens is 257 g/mol. The molecule has 1 atom stereocenters. The molecule has 3 N–H and O–H groups in total. The Morgan fingerprint density at radius 3 is 2.32 bits per heavy atom. The molecule has 0 bridgehead atoms. The summed E-state index contributed by atoms with van der Waals surface area (Å²) in [6.45, 7) is 5.71. The molecule has 1 unspecified atom stereocenters. The first kappa shape index (κ1) is 15.5. The molecule has 19 heavy (non-hydrogen) atoms. The number of benzene rings is 1. The molecular formula is C13H17F3N2O. The minimum Gasteiger partial charge on any atom is -0.347 e. The Balaban J connectivity index is 2.99. The molecule has 0 aliphatic carbocycles. The Morgan fingerprint density at radius 2 is 1.84 bits per heavy atom. The Kier molecular flexibility index (Phi) is 4.57. The van der Waals surface area contributed by atoms with Gasteiger partial charge in [0.05, 0.1) is 5.56 Å². The molecule has 0 spiro atoms. The molecule has 1 amide bonds. The fourth-order valence-electron chi connectivity index (χ4n) is 1.57. The van der Waals surface area contributed by atoms with E-state index in [1.807, 2.05) is 20.8 Å². The van der Waals surface area contributed by atoms with E-state index in [4.69, 9.17) is 5.73 Å². The van der Waals surface area contributed by atoms with Crippen LogP contribution in [0.3, 0.4) is 0 Å². The van der Waals surface area contributed by atoms with Gasteiger partial charge in [-0.25, -0.2) is 13.2 Å². The van der Waals surface area contributed by atoms with Crippen LogP contribution in [0.4, 0.5) is 13.2 Å². The van der Waals surface area contributed by atoms with E-state index < -0.39 is 35.0 Å². The smallest absolute Gasteiger partial charge is 0.254 e. The van der Waals surface area contributed by atoms with Crippen LogP contribution in [-0.4, -0.2) is 18.5 Å². The zero-order chi connectivity index (χ0) is 14.8. The van der Waals surface area contributed by atoms with Gasteiger partial charge in [0.25, 0.3) is 5.91 Å². The standard InChI is InChI=1S/C13H17F3N2O/c1-13(2,3)9(6-17)18-12(19)7-4-5-8(14)11(16)10(7)15/h4-5,9H,6,17H2,1-3H3,(H,18,19). The Hall–Kier alpha value is -1.56. The lowest BCUT2D eigenvalue weighted by Crippen LogP contribution is -2.48. The van der Waals surface area contributed by atoms with Crippen LogP contribution in [0.1, 0.15) is 31.1 Å². The molecule has 1 aromatic rings. The highest BCUT2D eigenvalue weighted by Crippen LogP contribution is 2.20. The number of nitrogens with two attached hydrogens (primary N) is 1. The maximum absolute atomic E-state index is 13.5. The third-order valence-electron chi connectivity index (χ3n) is 2.87. The zero-order valence-electron chi connectivity index (χ0n) is 11.1. The van der Waals surface area contributed by atoms with Crippen molar-refractivity contribution in [3.8, 4) is 0 Å². The largest absolute Gasteiger partial charge is 0.347 e. The summed E-state index contributed by atoms with van der Waals surface area (Å²) >= 11 is 0. The van der Waals surface area contributed by atoms with Gasteiger partial charge >= 0.3 is 0 Å². The molecule has 0 aliphatic rings. The minimum absolute atomic E-state index is 0.153. The van der Waals surface area contributed by atoms with E-state index in [0.29, 0.717) is 6.07 Å². The summed E-state index contributed by atoms with van der Waals surface area (Å²) in [6, 6.07) is 1.20. The first-order chi connectivity index (χ1) is 8.68. The second-order valence-corrected chi connectivity index (χ2v) is 5.35. The fourth-order valence-corrected chi connectivity index (χ4v) is 1.57. The Labute approximate surface area is 110 Å². The normalized spacial score (nSPS) is 13.2. The van der Waals surface area contributed by atoms with Crippen LogP contribution >= 0.6 is 0 Å². The third-order valence-corrected chi connectivity index (χ3v) is 2.87. The van der Waals surface area contributed by atoms with E-state index >= 15 is 0 Å². The van der Waals surface area contributed by atoms with Gasteiger partial charge in [-0.1, -0.05) is 20.8 Å². The molecule has 0 saturated heterocycles. The highest BCUT2D eigenvalue weighted by Gasteiger charge is 2.27. The van der Waals surface area contributed by atoms with Crippen LogP contribution in [0.25, 0.3) is 0 Å². The van der Waals surface area contributed by atoms with Crippen molar-refractivity contribution >= 4 is 5.91 Å². The number of halogens is 3. The molecule has 0 fully saturated rings. The monoisotopic (exact) mass is 274 g/mol. The number of amides is 1. The van der Waals surface area contributed by atoms with Crippen LogP contribution in [0.15, 0.2) is 12.1 Å². The molecule has 0 radical (unpaired) electrons. The minimum atomic E-state index is -1.66. The maximum atomic E-state index is 13.5. The average molecular weight is 274 g/mol. The number of carbonyl (C=O) groups is 1. The van der Waals surface area contributed by atoms with E-state index in [1.165, 1.54) is 0 Å².